The number of H-pyrrole nitrogens is 1. The van der Waals surface area contributed by atoms with Crippen LogP contribution in [0, 0.1) is 18.7 Å². The fourth-order valence-electron chi connectivity index (χ4n) is 3.37. The lowest BCUT2D eigenvalue weighted by Crippen LogP contribution is -2.34. The van der Waals surface area contributed by atoms with Gasteiger partial charge in [0.05, 0.1) is 7.11 Å². The van der Waals surface area contributed by atoms with Gasteiger partial charge in [0, 0.05) is 36.6 Å². The number of ether oxygens (including phenoxy) is 2. The first-order chi connectivity index (χ1) is 14.3. The SMILES string of the molecule is COc1cc(OCc2ncc(C)cc2F)ccc1-c1nc(C2CC(F)(F)C2)[nH]c1F. The van der Waals surface area contributed by atoms with Gasteiger partial charge in [0.2, 0.25) is 11.9 Å². The highest BCUT2D eigenvalue weighted by Gasteiger charge is 2.47. The number of imidazole rings is 1. The lowest BCUT2D eigenvalue weighted by atomic mass is 9.81. The molecule has 1 aliphatic rings. The second-order valence-corrected chi connectivity index (χ2v) is 7.34. The third-order valence-corrected chi connectivity index (χ3v) is 5.01. The molecule has 0 bridgehead atoms. The summed E-state index contributed by atoms with van der Waals surface area (Å²) in [5, 5.41) is 0. The summed E-state index contributed by atoms with van der Waals surface area (Å²) in [6.45, 7) is 1.64. The number of hydrogen-bond donors (Lipinski definition) is 1. The molecule has 5 nitrogen and oxygen atoms in total. The molecule has 2 aromatic heterocycles. The van der Waals surface area contributed by atoms with Gasteiger partial charge in [-0.1, -0.05) is 0 Å². The highest BCUT2D eigenvalue weighted by Crippen LogP contribution is 2.48. The van der Waals surface area contributed by atoms with Gasteiger partial charge >= 0.3 is 0 Å². The Hall–Kier alpha value is -3.10. The van der Waals surface area contributed by atoms with E-state index in [-0.39, 0.29) is 42.4 Å². The predicted molar refractivity (Wildman–Crippen MR) is 101 cm³/mol. The molecule has 1 fully saturated rings. The summed E-state index contributed by atoms with van der Waals surface area (Å²) < 4.78 is 65.5. The highest BCUT2D eigenvalue weighted by atomic mass is 19.3. The van der Waals surface area contributed by atoms with Crippen molar-refractivity contribution in [1.82, 2.24) is 15.0 Å². The summed E-state index contributed by atoms with van der Waals surface area (Å²) in [6, 6.07) is 6.00. The molecule has 158 valence electrons. The number of methoxy groups -OCH3 is 1. The molecule has 0 aliphatic heterocycles. The fraction of sp³-hybridized carbons (Fsp3) is 0.333. The van der Waals surface area contributed by atoms with Crippen LogP contribution < -0.4 is 9.47 Å². The van der Waals surface area contributed by atoms with Crippen LogP contribution in [-0.2, 0) is 6.61 Å². The Labute approximate surface area is 170 Å². The molecule has 0 saturated heterocycles. The van der Waals surface area contributed by atoms with E-state index in [0.717, 1.165) is 0 Å². The number of nitrogens with zero attached hydrogens (tertiary/aromatic N) is 2. The Kier molecular flexibility index (Phi) is 5.13. The maximum atomic E-state index is 14.4. The van der Waals surface area contributed by atoms with E-state index in [9.17, 15) is 17.6 Å². The van der Waals surface area contributed by atoms with Crippen LogP contribution in [0.4, 0.5) is 17.6 Å². The van der Waals surface area contributed by atoms with Crippen molar-refractivity contribution in [2.75, 3.05) is 7.11 Å². The lowest BCUT2D eigenvalue weighted by molar-refractivity contribution is -0.0884. The number of pyridine rings is 1. The van der Waals surface area contributed by atoms with Gasteiger partial charge in [-0.05, 0) is 30.7 Å². The number of rotatable bonds is 6. The van der Waals surface area contributed by atoms with Crippen LogP contribution in [0.15, 0.2) is 30.5 Å². The number of nitrogens with one attached hydrogen (secondary N) is 1. The highest BCUT2D eigenvalue weighted by molar-refractivity contribution is 5.68. The van der Waals surface area contributed by atoms with E-state index >= 15 is 0 Å². The van der Waals surface area contributed by atoms with E-state index in [1.54, 1.807) is 25.3 Å². The number of hydrogen-bond acceptors (Lipinski definition) is 4. The molecule has 0 atom stereocenters. The lowest BCUT2D eigenvalue weighted by Gasteiger charge is -2.33. The molecule has 0 unspecified atom stereocenters. The quantitative estimate of drug-likeness (QED) is 0.559. The van der Waals surface area contributed by atoms with Gasteiger partial charge in [-0.2, -0.15) is 4.39 Å². The minimum atomic E-state index is -2.73. The van der Waals surface area contributed by atoms with Crippen molar-refractivity contribution in [2.45, 2.75) is 38.2 Å². The summed E-state index contributed by atoms with van der Waals surface area (Å²) in [4.78, 5) is 10.6. The second kappa shape index (κ2) is 7.62. The molecule has 9 heteroatoms. The predicted octanol–water partition coefficient (Wildman–Crippen LogP) is 5.16. The average Bonchev–Trinajstić information content (AvgIpc) is 3.06. The average molecular weight is 421 g/mol. The van der Waals surface area contributed by atoms with Crippen LogP contribution in [-0.4, -0.2) is 28.0 Å². The summed E-state index contributed by atoms with van der Waals surface area (Å²) in [5.74, 6) is -3.58. The molecule has 1 aromatic carbocycles. The second-order valence-electron chi connectivity index (χ2n) is 7.34. The van der Waals surface area contributed by atoms with Gasteiger partial charge in [0.15, 0.2) is 0 Å². The molecule has 30 heavy (non-hydrogen) atoms. The Morgan fingerprint density at radius 3 is 2.63 bits per heavy atom. The zero-order chi connectivity index (χ0) is 21.5. The molecule has 3 aromatic rings. The molecular weight excluding hydrogens is 402 g/mol. The van der Waals surface area contributed by atoms with Crippen LogP contribution in [0.25, 0.3) is 11.3 Å². The van der Waals surface area contributed by atoms with Gasteiger partial charge in [-0.15, -0.1) is 0 Å². The third-order valence-electron chi connectivity index (χ3n) is 5.01. The van der Waals surface area contributed by atoms with E-state index in [0.29, 0.717) is 16.9 Å². The molecule has 0 spiro atoms. The van der Waals surface area contributed by atoms with Crippen LogP contribution in [0.1, 0.15) is 35.8 Å². The summed E-state index contributed by atoms with van der Waals surface area (Å²) in [5.41, 5.74) is 1.18. The number of halogens is 4. The van der Waals surface area contributed by atoms with E-state index < -0.39 is 23.6 Å². The number of aryl methyl sites for hydroxylation is 1. The fourth-order valence-corrected chi connectivity index (χ4v) is 3.37. The maximum absolute atomic E-state index is 14.4. The number of aromatic nitrogens is 3. The van der Waals surface area contributed by atoms with Crippen molar-refractivity contribution in [1.29, 1.82) is 0 Å². The Balaban J connectivity index is 1.53. The molecule has 4 rings (SSSR count). The van der Waals surface area contributed by atoms with Crippen LogP contribution in [0.2, 0.25) is 0 Å². The van der Waals surface area contributed by atoms with E-state index in [1.165, 1.54) is 19.2 Å². The first-order valence-electron chi connectivity index (χ1n) is 9.31. The number of benzene rings is 1. The van der Waals surface area contributed by atoms with E-state index in [4.69, 9.17) is 9.47 Å². The monoisotopic (exact) mass is 421 g/mol. The number of aromatic amines is 1. The van der Waals surface area contributed by atoms with Gasteiger partial charge in [-0.25, -0.2) is 18.2 Å². The van der Waals surface area contributed by atoms with Crippen LogP contribution in [0.3, 0.4) is 0 Å². The number of alkyl halides is 2. The Morgan fingerprint density at radius 2 is 1.97 bits per heavy atom. The summed E-state index contributed by atoms with van der Waals surface area (Å²) in [7, 11) is 1.40. The topological polar surface area (TPSA) is 60.0 Å². The smallest absolute Gasteiger partial charge is 0.249 e. The molecule has 2 heterocycles. The van der Waals surface area contributed by atoms with Gasteiger partial charge in [-0.3, -0.25) is 4.98 Å². The minimum absolute atomic E-state index is 0.0186. The Bertz CT molecular complexity index is 1080. The molecular formula is C21H19F4N3O2. The molecule has 1 saturated carbocycles. The van der Waals surface area contributed by atoms with Gasteiger partial charge in [0.25, 0.3) is 0 Å². The van der Waals surface area contributed by atoms with E-state index in [1.807, 2.05) is 0 Å². The largest absolute Gasteiger partial charge is 0.496 e. The standard InChI is InChI=1S/C21H19F4N3O2/c1-11-5-15(22)16(26-9-11)10-30-13-3-4-14(17(6-13)29-2)18-19(23)28-20(27-18)12-7-21(24,25)8-12/h3-6,9,12H,7-8,10H2,1-2H3,(H,27,28). The third kappa shape index (κ3) is 3.96. The van der Waals surface area contributed by atoms with Crippen molar-refractivity contribution in [3.63, 3.8) is 0 Å². The summed E-state index contributed by atoms with van der Waals surface area (Å²) in [6.07, 6.45) is 0.835. The van der Waals surface area contributed by atoms with Crippen molar-refractivity contribution >= 4 is 0 Å². The van der Waals surface area contributed by atoms with Gasteiger partial charge in [0.1, 0.15) is 41.1 Å². The van der Waals surface area contributed by atoms with Gasteiger partial charge < -0.3 is 14.5 Å². The van der Waals surface area contributed by atoms with Crippen molar-refractivity contribution in [3.05, 3.63) is 59.3 Å². The maximum Gasteiger partial charge on any atom is 0.249 e. The first-order valence-corrected chi connectivity index (χ1v) is 9.31. The van der Waals surface area contributed by atoms with Crippen LogP contribution >= 0.6 is 0 Å². The zero-order valence-corrected chi connectivity index (χ0v) is 16.3. The minimum Gasteiger partial charge on any atom is -0.496 e. The Morgan fingerprint density at radius 1 is 1.20 bits per heavy atom. The summed E-state index contributed by atoms with van der Waals surface area (Å²) >= 11 is 0. The normalized spacial score (nSPS) is 15.7. The molecule has 1 N–H and O–H groups in total. The molecule has 0 amide bonds. The van der Waals surface area contributed by atoms with Crippen LogP contribution in [0.5, 0.6) is 11.5 Å². The zero-order valence-electron chi connectivity index (χ0n) is 16.3. The molecule has 0 radical (unpaired) electrons. The first kappa shape index (κ1) is 20.2. The van der Waals surface area contributed by atoms with E-state index in [2.05, 4.69) is 15.0 Å². The van der Waals surface area contributed by atoms with Crippen molar-refractivity contribution in [2.24, 2.45) is 0 Å². The van der Waals surface area contributed by atoms with Crippen molar-refractivity contribution in [3.8, 4) is 22.8 Å². The molecule has 1 aliphatic carbocycles. The van der Waals surface area contributed by atoms with Crippen molar-refractivity contribution < 1.29 is 27.0 Å².